The molecule has 0 fully saturated rings. The molecule has 6 heteroatoms. The van der Waals surface area contributed by atoms with Crippen molar-refractivity contribution >= 4 is 17.3 Å². The fraction of sp³-hybridized carbons (Fsp3) is 0.231. The average molecular weight is 259 g/mol. The second-order valence-electron chi connectivity index (χ2n) is 3.88. The lowest BCUT2D eigenvalue weighted by molar-refractivity contribution is 0.415. The number of anilines is 3. The first-order chi connectivity index (χ1) is 9.30. The lowest BCUT2D eigenvalue weighted by atomic mass is 10.1. The minimum atomic E-state index is 0.439. The molecule has 1 heterocycles. The highest BCUT2D eigenvalue weighted by Crippen LogP contribution is 2.31. The fourth-order valence-corrected chi connectivity index (χ4v) is 1.84. The zero-order chi connectivity index (χ0) is 13.7. The van der Waals surface area contributed by atoms with Crippen molar-refractivity contribution in [3.63, 3.8) is 0 Å². The van der Waals surface area contributed by atoms with Gasteiger partial charge in [-0.05, 0) is 18.1 Å². The van der Waals surface area contributed by atoms with Gasteiger partial charge in [0.15, 0.2) is 11.6 Å². The molecule has 0 bridgehead atoms. The third-order valence-corrected chi connectivity index (χ3v) is 2.80. The van der Waals surface area contributed by atoms with Gasteiger partial charge < -0.3 is 15.5 Å². The van der Waals surface area contributed by atoms with Crippen molar-refractivity contribution < 1.29 is 4.74 Å². The van der Waals surface area contributed by atoms with Crippen LogP contribution in [0.4, 0.5) is 17.3 Å². The quantitative estimate of drug-likeness (QED) is 0.563. The predicted molar refractivity (Wildman–Crippen MR) is 75.5 cm³/mol. The van der Waals surface area contributed by atoms with E-state index in [1.807, 2.05) is 18.2 Å². The molecular weight excluding hydrogens is 242 g/mol. The first-order valence-corrected chi connectivity index (χ1v) is 6.00. The lowest BCUT2D eigenvalue weighted by Gasteiger charge is -2.14. The van der Waals surface area contributed by atoms with Crippen LogP contribution in [0.1, 0.15) is 12.5 Å². The summed E-state index contributed by atoms with van der Waals surface area (Å²) < 4.78 is 5.28. The molecule has 0 unspecified atom stereocenters. The van der Waals surface area contributed by atoms with E-state index in [-0.39, 0.29) is 0 Å². The van der Waals surface area contributed by atoms with Gasteiger partial charge in [-0.1, -0.05) is 25.1 Å². The third kappa shape index (κ3) is 2.74. The topological polar surface area (TPSA) is 85.1 Å². The molecule has 0 atom stereocenters. The predicted octanol–water partition coefficient (Wildman–Crippen LogP) is 2.08. The molecule has 0 aliphatic heterocycles. The van der Waals surface area contributed by atoms with Gasteiger partial charge in [-0.25, -0.2) is 15.8 Å². The molecule has 0 spiro atoms. The summed E-state index contributed by atoms with van der Waals surface area (Å²) in [7, 11) is 1.55. The molecule has 6 nitrogen and oxygen atoms in total. The number of para-hydroxylation sites is 1. The number of hydrazine groups is 1. The number of nitrogens with two attached hydrogens (primary N) is 1. The Bertz CT molecular complexity index is 558. The van der Waals surface area contributed by atoms with Gasteiger partial charge in [0.05, 0.1) is 7.11 Å². The number of nitrogens with zero attached hydrogens (tertiary/aromatic N) is 2. The molecule has 2 rings (SSSR count). The largest absolute Gasteiger partial charge is 0.490 e. The number of hydrogen-bond acceptors (Lipinski definition) is 6. The van der Waals surface area contributed by atoms with E-state index in [4.69, 9.17) is 10.6 Å². The summed E-state index contributed by atoms with van der Waals surface area (Å²) in [6, 6.07) is 8.04. The Balaban J connectivity index is 2.38. The summed E-state index contributed by atoms with van der Waals surface area (Å²) in [6.45, 7) is 2.10. The number of methoxy groups -OCH3 is 1. The SMILES string of the molecule is CCc1ccccc1Nc1ncnc(NN)c1OC. The zero-order valence-electron chi connectivity index (χ0n) is 11.0. The summed E-state index contributed by atoms with van der Waals surface area (Å²) in [5, 5.41) is 3.25. The van der Waals surface area contributed by atoms with Gasteiger partial charge in [0.25, 0.3) is 0 Å². The summed E-state index contributed by atoms with van der Waals surface area (Å²) >= 11 is 0. The number of nitrogens with one attached hydrogen (secondary N) is 2. The molecule has 100 valence electrons. The molecule has 0 aliphatic carbocycles. The maximum atomic E-state index is 5.40. The van der Waals surface area contributed by atoms with E-state index in [2.05, 4.69) is 33.7 Å². The van der Waals surface area contributed by atoms with Crippen LogP contribution < -0.4 is 21.3 Å². The van der Waals surface area contributed by atoms with E-state index >= 15 is 0 Å². The normalized spacial score (nSPS) is 10.1. The monoisotopic (exact) mass is 259 g/mol. The highest BCUT2D eigenvalue weighted by Gasteiger charge is 2.12. The molecule has 4 N–H and O–H groups in total. The van der Waals surface area contributed by atoms with Crippen LogP contribution in [0.2, 0.25) is 0 Å². The van der Waals surface area contributed by atoms with Gasteiger partial charge in [-0.2, -0.15) is 0 Å². The smallest absolute Gasteiger partial charge is 0.205 e. The van der Waals surface area contributed by atoms with Crippen molar-refractivity contribution in [2.24, 2.45) is 5.84 Å². The second-order valence-corrected chi connectivity index (χ2v) is 3.88. The Kier molecular flexibility index (Phi) is 4.15. The molecule has 19 heavy (non-hydrogen) atoms. The van der Waals surface area contributed by atoms with Gasteiger partial charge >= 0.3 is 0 Å². The molecule has 0 amide bonds. The molecule has 0 aliphatic rings. The molecule has 1 aromatic carbocycles. The molecule has 0 saturated heterocycles. The maximum Gasteiger partial charge on any atom is 0.205 e. The highest BCUT2D eigenvalue weighted by atomic mass is 16.5. The number of benzene rings is 1. The van der Waals surface area contributed by atoms with Crippen LogP contribution in [0.5, 0.6) is 5.75 Å². The first kappa shape index (κ1) is 13.1. The standard InChI is InChI=1S/C13H17N5O/c1-3-9-6-4-5-7-10(9)17-12-11(19-2)13(18-14)16-8-15-12/h4-8H,3,14H2,1-2H3,(H2,15,16,17,18). The number of hydrogen-bond donors (Lipinski definition) is 3. The van der Waals surface area contributed by atoms with Crippen molar-refractivity contribution in [1.29, 1.82) is 0 Å². The summed E-state index contributed by atoms with van der Waals surface area (Å²) in [6.07, 6.45) is 2.35. The number of nitrogen functional groups attached to an aromatic ring is 1. The van der Waals surface area contributed by atoms with Crippen LogP contribution in [0, 0.1) is 0 Å². The van der Waals surface area contributed by atoms with Crippen LogP contribution in [0.15, 0.2) is 30.6 Å². The maximum absolute atomic E-state index is 5.40. The Morgan fingerprint density at radius 3 is 2.63 bits per heavy atom. The number of aromatic nitrogens is 2. The van der Waals surface area contributed by atoms with E-state index in [0.29, 0.717) is 17.4 Å². The van der Waals surface area contributed by atoms with Crippen molar-refractivity contribution in [2.75, 3.05) is 17.9 Å². The summed E-state index contributed by atoms with van der Waals surface area (Å²) in [5.41, 5.74) is 4.68. The minimum absolute atomic E-state index is 0.439. The number of ether oxygens (including phenoxy) is 1. The Hall–Kier alpha value is -2.34. The molecular formula is C13H17N5O. The Morgan fingerprint density at radius 2 is 1.95 bits per heavy atom. The van der Waals surface area contributed by atoms with Crippen molar-refractivity contribution in [3.8, 4) is 5.75 Å². The van der Waals surface area contributed by atoms with E-state index in [0.717, 1.165) is 12.1 Å². The third-order valence-electron chi connectivity index (χ3n) is 2.80. The van der Waals surface area contributed by atoms with E-state index in [9.17, 15) is 0 Å². The lowest BCUT2D eigenvalue weighted by Crippen LogP contribution is -2.11. The van der Waals surface area contributed by atoms with E-state index in [1.54, 1.807) is 7.11 Å². The van der Waals surface area contributed by atoms with E-state index in [1.165, 1.54) is 11.9 Å². The molecule has 1 aromatic heterocycles. The Morgan fingerprint density at radius 1 is 1.21 bits per heavy atom. The second kappa shape index (κ2) is 6.01. The van der Waals surface area contributed by atoms with Crippen LogP contribution in [0.3, 0.4) is 0 Å². The van der Waals surface area contributed by atoms with E-state index < -0.39 is 0 Å². The summed E-state index contributed by atoms with van der Waals surface area (Å²) in [5.74, 6) is 6.89. The first-order valence-electron chi connectivity index (χ1n) is 6.00. The van der Waals surface area contributed by atoms with Crippen LogP contribution in [0.25, 0.3) is 0 Å². The van der Waals surface area contributed by atoms with Gasteiger partial charge in [0.1, 0.15) is 6.33 Å². The van der Waals surface area contributed by atoms with Crippen molar-refractivity contribution in [1.82, 2.24) is 9.97 Å². The van der Waals surface area contributed by atoms with Crippen molar-refractivity contribution in [3.05, 3.63) is 36.2 Å². The average Bonchev–Trinajstić information content (AvgIpc) is 2.47. The van der Waals surface area contributed by atoms with Crippen LogP contribution in [-0.4, -0.2) is 17.1 Å². The number of aryl methyl sites for hydroxylation is 1. The fourth-order valence-electron chi connectivity index (χ4n) is 1.84. The molecule has 2 aromatic rings. The highest BCUT2D eigenvalue weighted by molar-refractivity contribution is 5.70. The van der Waals surface area contributed by atoms with Gasteiger partial charge in [-0.15, -0.1) is 0 Å². The van der Waals surface area contributed by atoms with Gasteiger partial charge in [0, 0.05) is 5.69 Å². The van der Waals surface area contributed by atoms with Crippen LogP contribution >= 0.6 is 0 Å². The van der Waals surface area contributed by atoms with Gasteiger partial charge in [0.2, 0.25) is 5.75 Å². The van der Waals surface area contributed by atoms with Gasteiger partial charge in [-0.3, -0.25) is 0 Å². The number of rotatable bonds is 5. The van der Waals surface area contributed by atoms with Crippen molar-refractivity contribution in [2.45, 2.75) is 13.3 Å². The Labute approximate surface area is 112 Å². The molecule has 0 radical (unpaired) electrons. The minimum Gasteiger partial charge on any atom is -0.490 e. The summed E-state index contributed by atoms with van der Waals surface area (Å²) in [4.78, 5) is 8.19. The zero-order valence-corrected chi connectivity index (χ0v) is 11.0. The van der Waals surface area contributed by atoms with Crippen LogP contribution in [-0.2, 0) is 6.42 Å². The molecule has 0 saturated carbocycles.